The van der Waals surface area contributed by atoms with Crippen molar-refractivity contribution in [2.24, 2.45) is 0 Å². The largest absolute Gasteiger partial charge is 0.103 e. The van der Waals surface area contributed by atoms with Crippen molar-refractivity contribution >= 4 is 38.2 Å². The number of rotatable bonds is 5. The third kappa shape index (κ3) is 5.44. The predicted octanol–water partition coefficient (Wildman–Crippen LogP) is 12.0. The topological polar surface area (TPSA) is 0 Å². The normalized spacial score (nSPS) is 14.5. The van der Waals surface area contributed by atoms with Gasteiger partial charge in [-0.1, -0.05) is 164 Å². The number of allylic oxidation sites excluding steroid dienone is 4. The Bertz CT molecular complexity index is 1780. The van der Waals surface area contributed by atoms with E-state index in [1.54, 1.807) is 0 Å². The average molecular weight is 638 g/mol. The maximum absolute atomic E-state index is 4.59. The molecule has 0 aromatic heterocycles. The molecule has 0 radical (unpaired) electrons. The molecule has 6 rings (SSSR count). The molecule has 0 aliphatic heterocycles. The Morgan fingerprint density at radius 2 is 0.636 bits per heavy atom. The molecule has 0 amide bonds. The van der Waals surface area contributed by atoms with Crippen molar-refractivity contribution in [3.8, 4) is 0 Å². The molecule has 0 saturated carbocycles. The molecule has 0 fully saturated rings. The monoisotopic (exact) mass is 636 g/mol. The van der Waals surface area contributed by atoms with Crippen LogP contribution in [-0.4, -0.2) is 0 Å². The molecule has 0 N–H and O–H groups in total. The summed E-state index contributed by atoms with van der Waals surface area (Å²) >= 11 is 4.59. The maximum Gasteiger partial charge on any atom is 0.103 e. The van der Waals surface area contributed by atoms with E-state index in [-0.39, 0.29) is 0 Å². The highest BCUT2D eigenvalue weighted by Crippen LogP contribution is 2.65. The number of hydrogen-bond acceptors (Lipinski definition) is 0. The van der Waals surface area contributed by atoms with E-state index in [1.807, 2.05) is 0 Å². The summed E-state index contributed by atoms with van der Waals surface area (Å²) in [5, 5.41) is 0. The van der Waals surface area contributed by atoms with Gasteiger partial charge in [0.15, 0.2) is 0 Å². The zero-order chi connectivity index (χ0) is 31.3. The lowest BCUT2D eigenvalue weighted by Gasteiger charge is -2.32. The first-order valence-electron chi connectivity index (χ1n) is 15.5. The summed E-state index contributed by atoms with van der Waals surface area (Å²) in [7, 11) is 0. The molecule has 0 atom stereocenters. The van der Waals surface area contributed by atoms with Crippen molar-refractivity contribution in [3.05, 3.63) is 175 Å². The highest BCUT2D eigenvalue weighted by molar-refractivity contribution is 9.10. The van der Waals surface area contributed by atoms with Gasteiger partial charge in [-0.15, -0.1) is 0 Å². The van der Waals surface area contributed by atoms with Crippen molar-refractivity contribution in [3.63, 3.8) is 0 Å². The molecule has 0 unspecified atom stereocenters. The summed E-state index contributed by atoms with van der Waals surface area (Å²) in [6.07, 6.45) is 0. The summed E-state index contributed by atoms with van der Waals surface area (Å²) in [6, 6.07) is 39.1. The first kappa shape index (κ1) is 30.1. The van der Waals surface area contributed by atoms with E-state index in [0.717, 1.165) is 0 Å². The minimum atomic E-state index is -0.602. The summed E-state index contributed by atoms with van der Waals surface area (Å²) < 4.78 is -0.602. The zero-order valence-corrected chi connectivity index (χ0v) is 28.8. The minimum Gasteiger partial charge on any atom is -0.0695 e. The summed E-state index contributed by atoms with van der Waals surface area (Å²) in [5.74, 6) is 0. The van der Waals surface area contributed by atoms with E-state index in [0.29, 0.717) is 0 Å². The van der Waals surface area contributed by atoms with Crippen LogP contribution in [0.1, 0.15) is 72.3 Å². The van der Waals surface area contributed by atoms with Crippen LogP contribution in [0.25, 0.3) is 22.3 Å². The van der Waals surface area contributed by atoms with Gasteiger partial charge >= 0.3 is 0 Å². The number of alkyl halides is 1. The maximum atomic E-state index is 4.59. The fourth-order valence-corrected chi connectivity index (χ4v) is 8.53. The van der Waals surface area contributed by atoms with Gasteiger partial charge in [-0.3, -0.25) is 0 Å². The molecule has 0 bridgehead atoms. The first-order valence-corrected chi connectivity index (χ1v) is 16.3. The Hall–Kier alpha value is -3.94. The molecule has 0 spiro atoms. The number of aryl methyl sites for hydroxylation is 8. The van der Waals surface area contributed by atoms with Crippen LogP contribution in [0, 0.1) is 55.4 Å². The molecule has 5 aromatic rings. The quantitative estimate of drug-likeness (QED) is 0.168. The van der Waals surface area contributed by atoms with Crippen LogP contribution < -0.4 is 0 Å². The average Bonchev–Trinajstić information content (AvgIpc) is 3.22. The van der Waals surface area contributed by atoms with Gasteiger partial charge in [0.1, 0.15) is 4.32 Å². The van der Waals surface area contributed by atoms with Crippen molar-refractivity contribution in [2.45, 2.75) is 59.7 Å². The fraction of sp³-hybridized carbons (Fsp3) is 0.209. The van der Waals surface area contributed by atoms with Gasteiger partial charge in [0.25, 0.3) is 0 Å². The smallest absolute Gasteiger partial charge is 0.0695 e. The van der Waals surface area contributed by atoms with E-state index < -0.39 is 4.32 Å². The van der Waals surface area contributed by atoms with Crippen molar-refractivity contribution in [1.82, 2.24) is 0 Å². The van der Waals surface area contributed by atoms with Gasteiger partial charge in [-0.2, -0.15) is 0 Å². The standard InChI is InChI=1S/C43H41Br/c1-26-14-27(2)19-34(18-26)39-40(35-20-28(3)15-29(4)21-35)42(37-24-32(7)17-33(8)25-37)43(44,38-12-10-9-11-13-38)41(39)36-22-30(5)16-31(6)23-36/h9-25H,1-8H3. The molecule has 5 aromatic carbocycles. The lowest BCUT2D eigenvalue weighted by molar-refractivity contribution is 1.07. The molecule has 0 saturated heterocycles. The van der Waals surface area contributed by atoms with E-state index in [1.165, 1.54) is 94.6 Å². The summed E-state index contributed by atoms with van der Waals surface area (Å²) in [4.78, 5) is 0. The SMILES string of the molecule is Cc1cc(C)cc(C2=C(c3cc(C)cc(C)c3)C(Br)(c3ccccc3)C(c3cc(C)cc(C)c3)=C2c2cc(C)cc(C)c2)c1. The Morgan fingerprint density at radius 3 is 0.932 bits per heavy atom. The molecule has 1 aliphatic rings. The lowest BCUT2D eigenvalue weighted by Crippen LogP contribution is -2.21. The van der Waals surface area contributed by atoms with Gasteiger partial charge in [0, 0.05) is 0 Å². The molecule has 220 valence electrons. The predicted molar refractivity (Wildman–Crippen MR) is 194 cm³/mol. The Morgan fingerprint density at radius 1 is 0.364 bits per heavy atom. The van der Waals surface area contributed by atoms with Crippen LogP contribution in [0.5, 0.6) is 0 Å². The third-order valence-corrected chi connectivity index (χ3v) is 9.90. The summed E-state index contributed by atoms with van der Waals surface area (Å²) in [6.45, 7) is 17.7. The second-order valence-electron chi connectivity index (χ2n) is 13.0. The van der Waals surface area contributed by atoms with Crippen LogP contribution >= 0.6 is 15.9 Å². The number of benzene rings is 5. The zero-order valence-electron chi connectivity index (χ0n) is 27.2. The molecule has 1 heteroatoms. The van der Waals surface area contributed by atoms with Gasteiger partial charge in [-0.25, -0.2) is 0 Å². The lowest BCUT2D eigenvalue weighted by atomic mass is 9.79. The Labute approximate surface area is 272 Å². The highest BCUT2D eigenvalue weighted by atomic mass is 79.9. The highest BCUT2D eigenvalue weighted by Gasteiger charge is 2.48. The van der Waals surface area contributed by atoms with E-state index in [9.17, 15) is 0 Å². The van der Waals surface area contributed by atoms with Gasteiger partial charge in [0.2, 0.25) is 0 Å². The van der Waals surface area contributed by atoms with Gasteiger partial charge < -0.3 is 0 Å². The van der Waals surface area contributed by atoms with E-state index in [2.05, 4.69) is 174 Å². The minimum absolute atomic E-state index is 0.602. The molecule has 44 heavy (non-hydrogen) atoms. The van der Waals surface area contributed by atoms with Gasteiger partial charge in [0.05, 0.1) is 0 Å². The van der Waals surface area contributed by atoms with Crippen LogP contribution in [0.15, 0.2) is 103 Å². The van der Waals surface area contributed by atoms with Crippen LogP contribution in [0.2, 0.25) is 0 Å². The number of hydrogen-bond donors (Lipinski definition) is 0. The Balaban J connectivity index is 1.90. The molecule has 0 heterocycles. The van der Waals surface area contributed by atoms with Crippen molar-refractivity contribution in [1.29, 1.82) is 0 Å². The second kappa shape index (κ2) is 11.5. The van der Waals surface area contributed by atoms with Crippen LogP contribution in [0.3, 0.4) is 0 Å². The molecule has 0 nitrogen and oxygen atoms in total. The van der Waals surface area contributed by atoms with E-state index >= 15 is 0 Å². The molecule has 1 aliphatic carbocycles. The third-order valence-electron chi connectivity index (χ3n) is 8.65. The Kier molecular flexibility index (Phi) is 7.89. The van der Waals surface area contributed by atoms with Crippen LogP contribution in [-0.2, 0) is 4.32 Å². The summed E-state index contributed by atoms with van der Waals surface area (Å²) in [5.41, 5.74) is 21.6. The molecular weight excluding hydrogens is 596 g/mol. The molecular formula is C43H41Br. The van der Waals surface area contributed by atoms with Crippen molar-refractivity contribution in [2.75, 3.05) is 0 Å². The first-order chi connectivity index (χ1) is 20.9. The number of halogens is 1. The van der Waals surface area contributed by atoms with E-state index in [4.69, 9.17) is 0 Å². The fourth-order valence-electron chi connectivity index (χ4n) is 7.42. The van der Waals surface area contributed by atoms with Crippen molar-refractivity contribution < 1.29 is 0 Å². The second-order valence-corrected chi connectivity index (χ2v) is 14.2. The van der Waals surface area contributed by atoms with Crippen LogP contribution in [0.4, 0.5) is 0 Å². The van der Waals surface area contributed by atoms with Gasteiger partial charge in [-0.05, 0) is 105 Å².